The van der Waals surface area contributed by atoms with E-state index in [0.29, 0.717) is 17.3 Å². The molecule has 0 amide bonds. The van der Waals surface area contributed by atoms with Crippen LogP contribution in [0.25, 0.3) is 11.0 Å². The molecule has 3 aromatic rings. The number of carbonyl (C=O) groups excluding carboxylic acids is 1. The fourth-order valence-electron chi connectivity index (χ4n) is 2.46. The number of aldehydes is 1. The highest BCUT2D eigenvalue weighted by molar-refractivity contribution is 5.83. The molecule has 0 saturated heterocycles. The van der Waals surface area contributed by atoms with Crippen molar-refractivity contribution in [2.75, 3.05) is 0 Å². The number of imidazole rings is 1. The lowest BCUT2D eigenvalue weighted by Crippen LogP contribution is -2.12. The van der Waals surface area contributed by atoms with Gasteiger partial charge in [-0.1, -0.05) is 30.3 Å². The van der Waals surface area contributed by atoms with E-state index in [1.54, 1.807) is 30.3 Å². The first-order valence-electron chi connectivity index (χ1n) is 6.56. The minimum Gasteiger partial charge on any atom is -0.317 e. The van der Waals surface area contributed by atoms with Gasteiger partial charge in [0.2, 0.25) is 0 Å². The Morgan fingerprint density at radius 1 is 1.05 bits per heavy atom. The fraction of sp³-hybridized carbons (Fsp3) is 0.125. The number of nitrogens with zero attached hydrogens (tertiary/aromatic N) is 2. The Bertz CT molecular complexity index is 837. The molecular weight excluding hydrogens is 293 g/mol. The van der Waals surface area contributed by atoms with Crippen molar-refractivity contribution in [2.24, 2.45) is 0 Å². The summed E-state index contributed by atoms with van der Waals surface area (Å²) in [5.74, 6) is 0.109. The first-order valence-corrected chi connectivity index (χ1v) is 6.56. The molecule has 0 atom stereocenters. The predicted octanol–water partition coefficient (Wildman–Crippen LogP) is 3.92. The van der Waals surface area contributed by atoms with Crippen LogP contribution in [0.5, 0.6) is 0 Å². The minimum atomic E-state index is -4.44. The number of fused-ring (bicyclic) bond motifs is 1. The minimum absolute atomic E-state index is 0.0652. The van der Waals surface area contributed by atoms with Gasteiger partial charge in [-0.2, -0.15) is 13.2 Å². The van der Waals surface area contributed by atoms with E-state index in [2.05, 4.69) is 4.98 Å². The zero-order chi connectivity index (χ0) is 15.7. The molecule has 6 heteroatoms. The maximum absolute atomic E-state index is 13.1. The molecule has 0 unspecified atom stereocenters. The second kappa shape index (κ2) is 5.29. The topological polar surface area (TPSA) is 34.9 Å². The summed E-state index contributed by atoms with van der Waals surface area (Å²) in [6.07, 6.45) is -3.88. The molecule has 3 nitrogen and oxygen atoms in total. The van der Waals surface area contributed by atoms with Crippen molar-refractivity contribution in [1.29, 1.82) is 0 Å². The Balaban J connectivity index is 2.13. The summed E-state index contributed by atoms with van der Waals surface area (Å²) in [7, 11) is 0. The summed E-state index contributed by atoms with van der Waals surface area (Å²) in [4.78, 5) is 15.3. The number of aromatic nitrogens is 2. The molecule has 0 aliphatic carbocycles. The third-order valence-electron chi connectivity index (χ3n) is 3.44. The van der Waals surface area contributed by atoms with E-state index < -0.39 is 11.7 Å². The first kappa shape index (κ1) is 14.3. The molecule has 0 saturated carbocycles. The number of halogens is 3. The van der Waals surface area contributed by atoms with E-state index in [-0.39, 0.29) is 17.9 Å². The molecule has 1 aromatic heterocycles. The highest BCUT2D eigenvalue weighted by atomic mass is 19.4. The Morgan fingerprint density at radius 2 is 1.73 bits per heavy atom. The highest BCUT2D eigenvalue weighted by Gasteiger charge is 2.33. The molecule has 2 aromatic carbocycles. The Hall–Kier alpha value is -2.63. The number of hydrogen-bond acceptors (Lipinski definition) is 2. The molecule has 0 spiro atoms. The summed E-state index contributed by atoms with van der Waals surface area (Å²) in [5.41, 5.74) is 0.599. The monoisotopic (exact) mass is 304 g/mol. The summed E-state index contributed by atoms with van der Waals surface area (Å²) in [6.45, 7) is -0.0652. The van der Waals surface area contributed by atoms with Gasteiger partial charge in [-0.15, -0.1) is 0 Å². The summed E-state index contributed by atoms with van der Waals surface area (Å²) in [5, 5.41) is 0. The molecular formula is C16H11F3N2O. The summed E-state index contributed by atoms with van der Waals surface area (Å²) >= 11 is 0. The van der Waals surface area contributed by atoms with Crippen LogP contribution in [0.2, 0.25) is 0 Å². The van der Waals surface area contributed by atoms with Crippen LogP contribution >= 0.6 is 0 Å². The molecule has 22 heavy (non-hydrogen) atoms. The van der Waals surface area contributed by atoms with Gasteiger partial charge < -0.3 is 4.57 Å². The van der Waals surface area contributed by atoms with Crippen LogP contribution in [0.15, 0.2) is 48.5 Å². The lowest BCUT2D eigenvalue weighted by molar-refractivity contribution is -0.138. The second-order valence-electron chi connectivity index (χ2n) is 4.82. The highest BCUT2D eigenvalue weighted by Crippen LogP contribution is 2.32. The van der Waals surface area contributed by atoms with E-state index >= 15 is 0 Å². The first-order chi connectivity index (χ1) is 10.5. The van der Waals surface area contributed by atoms with Gasteiger partial charge >= 0.3 is 6.18 Å². The van der Waals surface area contributed by atoms with Crippen LogP contribution in [0.3, 0.4) is 0 Å². The smallest absolute Gasteiger partial charge is 0.317 e. The largest absolute Gasteiger partial charge is 0.416 e. The Kier molecular flexibility index (Phi) is 3.44. The molecule has 0 fully saturated rings. The molecule has 0 radical (unpaired) electrons. The summed E-state index contributed by atoms with van der Waals surface area (Å²) < 4.78 is 40.7. The van der Waals surface area contributed by atoms with Crippen molar-refractivity contribution in [2.45, 2.75) is 12.7 Å². The maximum Gasteiger partial charge on any atom is 0.416 e. The number of carbonyl (C=O) groups is 1. The van der Waals surface area contributed by atoms with Crippen LogP contribution in [-0.4, -0.2) is 15.8 Å². The van der Waals surface area contributed by atoms with Crippen molar-refractivity contribution >= 4 is 17.3 Å². The average molecular weight is 304 g/mol. The number of benzene rings is 2. The van der Waals surface area contributed by atoms with Gasteiger partial charge in [-0.25, -0.2) is 4.98 Å². The molecule has 0 aliphatic heterocycles. The predicted molar refractivity (Wildman–Crippen MR) is 75.7 cm³/mol. The van der Waals surface area contributed by atoms with Gasteiger partial charge in [0, 0.05) is 0 Å². The second-order valence-corrected chi connectivity index (χ2v) is 4.82. The van der Waals surface area contributed by atoms with E-state index in [1.807, 2.05) is 0 Å². The molecule has 112 valence electrons. The van der Waals surface area contributed by atoms with E-state index in [0.717, 1.165) is 6.07 Å². The maximum atomic E-state index is 13.1. The Labute approximate surface area is 124 Å². The molecule has 0 bridgehead atoms. The standard InChI is InChI=1S/C16H11F3N2O/c17-16(18,19)12-6-2-1-5-11(12)9-21-14-8-4-3-7-13(14)20-15(21)10-22/h1-8,10H,9H2. The van der Waals surface area contributed by atoms with Crippen LogP contribution in [0, 0.1) is 0 Å². The van der Waals surface area contributed by atoms with Crippen LogP contribution < -0.4 is 0 Å². The number of para-hydroxylation sites is 2. The van der Waals surface area contributed by atoms with Gasteiger partial charge in [0.05, 0.1) is 23.1 Å². The van der Waals surface area contributed by atoms with Crippen molar-refractivity contribution < 1.29 is 18.0 Å². The molecule has 0 N–H and O–H groups in total. The number of alkyl halides is 3. The van der Waals surface area contributed by atoms with Crippen molar-refractivity contribution in [3.8, 4) is 0 Å². The zero-order valence-electron chi connectivity index (χ0n) is 11.3. The lowest BCUT2D eigenvalue weighted by atomic mass is 10.1. The molecule has 1 heterocycles. The van der Waals surface area contributed by atoms with Gasteiger partial charge in [0.15, 0.2) is 12.1 Å². The fourth-order valence-corrected chi connectivity index (χ4v) is 2.46. The van der Waals surface area contributed by atoms with E-state index in [4.69, 9.17) is 0 Å². The molecule has 3 rings (SSSR count). The van der Waals surface area contributed by atoms with Gasteiger partial charge in [-0.05, 0) is 23.8 Å². The van der Waals surface area contributed by atoms with Crippen LogP contribution in [0.4, 0.5) is 13.2 Å². The van der Waals surface area contributed by atoms with Crippen LogP contribution in [-0.2, 0) is 12.7 Å². The number of hydrogen-bond donors (Lipinski definition) is 0. The van der Waals surface area contributed by atoms with Crippen molar-refractivity contribution in [3.63, 3.8) is 0 Å². The average Bonchev–Trinajstić information content (AvgIpc) is 2.85. The quantitative estimate of drug-likeness (QED) is 0.688. The van der Waals surface area contributed by atoms with E-state index in [1.165, 1.54) is 16.7 Å². The third-order valence-corrected chi connectivity index (χ3v) is 3.44. The lowest BCUT2D eigenvalue weighted by Gasteiger charge is -2.14. The summed E-state index contributed by atoms with van der Waals surface area (Å²) in [6, 6.07) is 12.3. The van der Waals surface area contributed by atoms with Crippen LogP contribution in [0.1, 0.15) is 21.7 Å². The van der Waals surface area contributed by atoms with Gasteiger partial charge in [0.25, 0.3) is 0 Å². The third kappa shape index (κ3) is 2.47. The van der Waals surface area contributed by atoms with Crippen molar-refractivity contribution in [1.82, 2.24) is 9.55 Å². The van der Waals surface area contributed by atoms with E-state index in [9.17, 15) is 18.0 Å². The van der Waals surface area contributed by atoms with Crippen molar-refractivity contribution in [3.05, 3.63) is 65.5 Å². The van der Waals surface area contributed by atoms with Gasteiger partial charge in [-0.3, -0.25) is 4.79 Å². The Morgan fingerprint density at radius 3 is 2.45 bits per heavy atom. The van der Waals surface area contributed by atoms with Gasteiger partial charge in [0.1, 0.15) is 0 Å². The zero-order valence-corrected chi connectivity index (χ0v) is 11.3. The SMILES string of the molecule is O=Cc1nc2ccccc2n1Cc1ccccc1C(F)(F)F. The normalized spacial score (nSPS) is 11.8. The number of rotatable bonds is 3. The molecule has 0 aliphatic rings.